The maximum atomic E-state index is 7.03. The van der Waals surface area contributed by atoms with Crippen molar-refractivity contribution in [3.63, 3.8) is 0 Å². The normalized spacial score (nSPS) is 19.7. The van der Waals surface area contributed by atoms with E-state index in [4.69, 9.17) is 9.47 Å². The highest BCUT2D eigenvalue weighted by Gasteiger charge is 2.64. The van der Waals surface area contributed by atoms with Crippen molar-refractivity contribution >= 4 is 64.7 Å². The molecule has 13 rings (SSSR count). The van der Waals surface area contributed by atoms with Crippen LogP contribution in [0.4, 0.5) is 39.8 Å². The largest absolute Gasteiger partial charge is 0.456 e. The van der Waals surface area contributed by atoms with Crippen molar-refractivity contribution in [2.45, 2.75) is 91.9 Å². The van der Waals surface area contributed by atoms with Crippen molar-refractivity contribution in [2.24, 2.45) is 11.3 Å². The first-order valence-corrected chi connectivity index (χ1v) is 23.3. The van der Waals surface area contributed by atoms with Gasteiger partial charge in [-0.15, -0.1) is 0 Å². The molecule has 0 bridgehead atoms. The standard InChI is InChI=1S/C56H54B2N4O2/c1-53(2,3)33-27-29-39-35(31-33)55(7,8)47-49-52(62-42-22-14-18-26-46(42)63-43-23-15-11-19-37(43)57(62)59(39)49)48-50-51(47)61-41-21-13-17-25-45(41)64-44-24-16-12-20-38(44)58(61)60(50)40-30-28-34(54(4,5)6)32-36(40)56(48,9)10/h11-31,36H,32H2,1-10H3/t36-/m0/s1. The van der Waals surface area contributed by atoms with E-state index in [-0.39, 0.29) is 36.1 Å². The average Bonchev–Trinajstić information content (AvgIpc) is 3.68. The number of hydrogen-bond donors (Lipinski definition) is 0. The molecule has 0 unspecified atom stereocenters. The molecule has 0 saturated carbocycles. The van der Waals surface area contributed by atoms with E-state index in [9.17, 15) is 0 Å². The Morgan fingerprint density at radius 2 is 1.00 bits per heavy atom. The molecule has 6 aromatic rings. The molecule has 0 N–H and O–H groups in total. The van der Waals surface area contributed by atoms with Gasteiger partial charge in [0.15, 0.2) is 0 Å². The zero-order valence-corrected chi connectivity index (χ0v) is 38.7. The Labute approximate surface area is 379 Å². The zero-order valence-electron chi connectivity index (χ0n) is 38.7. The van der Waals surface area contributed by atoms with Crippen LogP contribution in [0.5, 0.6) is 23.0 Å². The van der Waals surface area contributed by atoms with E-state index < -0.39 is 5.41 Å². The second-order valence-electron chi connectivity index (χ2n) is 22.2. The molecule has 6 nitrogen and oxygen atoms in total. The van der Waals surface area contributed by atoms with Crippen LogP contribution in [0.15, 0.2) is 139 Å². The molecule has 64 heavy (non-hydrogen) atoms. The number of fused-ring (bicyclic) bond motifs is 20. The van der Waals surface area contributed by atoms with Gasteiger partial charge in [-0.3, -0.25) is 0 Å². The monoisotopic (exact) mass is 836 g/mol. The van der Waals surface area contributed by atoms with Crippen LogP contribution in [0.3, 0.4) is 0 Å². The second kappa shape index (κ2) is 12.3. The molecule has 7 aliphatic rings. The molecule has 0 saturated heterocycles. The number of rotatable bonds is 0. The van der Waals surface area contributed by atoms with Gasteiger partial charge in [0.2, 0.25) is 0 Å². The molecule has 6 aliphatic heterocycles. The molecule has 6 heterocycles. The third-order valence-corrected chi connectivity index (χ3v) is 15.8. The Morgan fingerprint density at radius 3 is 1.56 bits per heavy atom. The predicted octanol–water partition coefficient (Wildman–Crippen LogP) is 13.0. The number of nitrogens with zero attached hydrogens (tertiary/aromatic N) is 4. The SMILES string of the molecule is CC(C)(C)C1=CC=C2[C@H](C1)C(C)(C)c1c3c(c4c5c1N1B(c6ccccc6Oc6ccccc61)N5c1ccc(C(C)(C)C)cc1C4(C)C)N1B(c4ccccc4Oc4ccccc41)N23. The fraction of sp³-hybridized carbons (Fsp3) is 0.286. The molecule has 1 atom stereocenters. The van der Waals surface area contributed by atoms with Gasteiger partial charge in [0, 0.05) is 50.2 Å². The predicted molar refractivity (Wildman–Crippen MR) is 266 cm³/mol. The Morgan fingerprint density at radius 1 is 0.516 bits per heavy atom. The van der Waals surface area contributed by atoms with Gasteiger partial charge in [0.25, 0.3) is 0 Å². The first kappa shape index (κ1) is 38.2. The van der Waals surface area contributed by atoms with Gasteiger partial charge in [0.05, 0.1) is 34.1 Å². The van der Waals surface area contributed by atoms with Crippen LogP contribution in [-0.4, -0.2) is 14.0 Å². The maximum Gasteiger partial charge on any atom is 0.424 e. The number of hydrogen-bond acceptors (Lipinski definition) is 6. The Kier molecular flexibility index (Phi) is 7.34. The molecule has 0 radical (unpaired) electrons. The Balaban J connectivity index is 1.25. The average molecular weight is 837 g/mol. The molecular formula is C56H54B2N4O2. The van der Waals surface area contributed by atoms with Gasteiger partial charge in [-0.25, -0.2) is 0 Å². The highest BCUT2D eigenvalue weighted by Crippen LogP contribution is 2.72. The van der Waals surface area contributed by atoms with Gasteiger partial charge in [-0.05, 0) is 76.9 Å². The lowest BCUT2D eigenvalue weighted by Crippen LogP contribution is -2.58. The Hall–Kier alpha value is -6.27. The topological polar surface area (TPSA) is 31.4 Å². The lowest BCUT2D eigenvalue weighted by molar-refractivity contribution is 0.323. The van der Waals surface area contributed by atoms with Crippen molar-refractivity contribution in [2.75, 3.05) is 19.2 Å². The van der Waals surface area contributed by atoms with Crippen LogP contribution in [-0.2, 0) is 16.2 Å². The van der Waals surface area contributed by atoms with E-state index in [0.29, 0.717) is 0 Å². The number of para-hydroxylation sites is 6. The summed E-state index contributed by atoms with van der Waals surface area (Å²) in [5.41, 5.74) is 18.5. The van der Waals surface area contributed by atoms with Gasteiger partial charge in [-0.1, -0.05) is 154 Å². The Bertz CT molecular complexity index is 3130. The van der Waals surface area contributed by atoms with E-state index >= 15 is 0 Å². The number of ether oxygens (including phenoxy) is 2. The summed E-state index contributed by atoms with van der Waals surface area (Å²) < 4.78 is 14.1. The van der Waals surface area contributed by atoms with Crippen LogP contribution in [0, 0.1) is 11.3 Å². The minimum absolute atomic E-state index is 0.0290. The number of allylic oxidation sites excluding steroid dienone is 4. The van der Waals surface area contributed by atoms with Gasteiger partial charge < -0.3 is 28.7 Å². The minimum Gasteiger partial charge on any atom is -0.456 e. The highest BCUT2D eigenvalue weighted by atomic mass is 16.5. The van der Waals surface area contributed by atoms with E-state index in [0.717, 1.165) is 46.3 Å². The molecule has 1 aliphatic carbocycles. The van der Waals surface area contributed by atoms with Gasteiger partial charge >= 0.3 is 14.0 Å². The summed E-state index contributed by atoms with van der Waals surface area (Å²) >= 11 is 0. The maximum absolute atomic E-state index is 7.03. The van der Waals surface area contributed by atoms with Crippen molar-refractivity contribution in [1.82, 2.24) is 0 Å². The first-order valence-electron chi connectivity index (χ1n) is 23.3. The van der Waals surface area contributed by atoms with Crippen LogP contribution in [0.2, 0.25) is 0 Å². The summed E-state index contributed by atoms with van der Waals surface area (Å²) in [5.74, 6) is 3.74. The highest BCUT2D eigenvalue weighted by molar-refractivity contribution is 6.87. The van der Waals surface area contributed by atoms with E-state index in [1.807, 2.05) is 0 Å². The van der Waals surface area contributed by atoms with Crippen molar-refractivity contribution in [3.8, 4) is 23.0 Å². The quantitative estimate of drug-likeness (QED) is 0.142. The van der Waals surface area contributed by atoms with Crippen LogP contribution < -0.4 is 39.6 Å². The summed E-state index contributed by atoms with van der Waals surface area (Å²) in [7, 11) is 0. The van der Waals surface area contributed by atoms with Crippen LogP contribution in [0.1, 0.15) is 97.9 Å². The van der Waals surface area contributed by atoms with Gasteiger partial charge in [0.1, 0.15) is 23.0 Å². The first-order chi connectivity index (χ1) is 30.6. The molecular weight excluding hydrogens is 782 g/mol. The van der Waals surface area contributed by atoms with Crippen molar-refractivity contribution in [3.05, 3.63) is 161 Å². The lowest BCUT2D eigenvalue weighted by Gasteiger charge is -2.51. The molecule has 0 amide bonds. The van der Waals surface area contributed by atoms with E-state index in [2.05, 4.69) is 216 Å². The minimum atomic E-state index is -0.425. The summed E-state index contributed by atoms with van der Waals surface area (Å²) in [6.07, 6.45) is 5.92. The molecule has 0 aromatic heterocycles. The fourth-order valence-electron chi connectivity index (χ4n) is 12.6. The third-order valence-electron chi connectivity index (χ3n) is 15.8. The van der Waals surface area contributed by atoms with Crippen LogP contribution >= 0.6 is 0 Å². The molecule has 6 aromatic carbocycles. The zero-order chi connectivity index (χ0) is 44.0. The molecule has 316 valence electrons. The summed E-state index contributed by atoms with van der Waals surface area (Å²) in [4.78, 5) is 10.9. The summed E-state index contributed by atoms with van der Waals surface area (Å²) in [6, 6.07) is 42.3. The second-order valence-corrected chi connectivity index (χ2v) is 22.2. The van der Waals surface area contributed by atoms with Crippen molar-refractivity contribution in [1.29, 1.82) is 0 Å². The lowest BCUT2D eigenvalue weighted by atomic mass is 9.57. The van der Waals surface area contributed by atoms with Gasteiger partial charge in [-0.2, -0.15) is 0 Å². The molecule has 0 spiro atoms. The third kappa shape index (κ3) is 4.74. The fourth-order valence-corrected chi connectivity index (χ4v) is 12.6. The smallest absolute Gasteiger partial charge is 0.424 e. The molecule has 0 fully saturated rings. The number of anilines is 7. The van der Waals surface area contributed by atoms with Crippen LogP contribution in [0.25, 0.3) is 0 Å². The molecule has 8 heteroatoms. The van der Waals surface area contributed by atoms with Crippen molar-refractivity contribution < 1.29 is 9.47 Å². The number of benzene rings is 6. The summed E-state index contributed by atoms with van der Waals surface area (Å²) in [6.45, 7) is 23.8. The summed E-state index contributed by atoms with van der Waals surface area (Å²) in [5, 5.41) is 0. The van der Waals surface area contributed by atoms with E-state index in [1.54, 1.807) is 0 Å². The van der Waals surface area contributed by atoms with E-state index in [1.165, 1.54) is 67.4 Å².